The number of amides is 1. The molecule has 0 saturated carbocycles. The minimum atomic E-state index is -1.11. The van der Waals surface area contributed by atoms with Gasteiger partial charge in [0.2, 0.25) is 11.9 Å². The van der Waals surface area contributed by atoms with Gasteiger partial charge in [-0.05, 0) is 151 Å². The molecule has 0 spiro atoms. The number of pyridine rings is 2. The maximum absolute atomic E-state index is 15.0. The number of hydrogen-bond acceptors (Lipinski definition) is 12. The fourth-order valence-electron chi connectivity index (χ4n) is 9.21. The van der Waals surface area contributed by atoms with Crippen molar-refractivity contribution in [2.75, 3.05) is 63.0 Å². The molecular formula is C61H69F4N11O5. The van der Waals surface area contributed by atoms with Gasteiger partial charge in [0.25, 0.3) is 17.0 Å². The van der Waals surface area contributed by atoms with E-state index in [0.717, 1.165) is 96.6 Å². The number of carboxylic acid groups (broad SMARTS) is 1. The van der Waals surface area contributed by atoms with Crippen LogP contribution in [0, 0.1) is 43.0 Å². The van der Waals surface area contributed by atoms with Gasteiger partial charge in [-0.3, -0.25) is 23.5 Å². The first kappa shape index (κ1) is 60.3. The van der Waals surface area contributed by atoms with E-state index in [1.165, 1.54) is 42.5 Å². The van der Waals surface area contributed by atoms with E-state index in [4.69, 9.17) is 4.98 Å². The van der Waals surface area contributed by atoms with E-state index in [2.05, 4.69) is 68.4 Å². The van der Waals surface area contributed by atoms with Crippen LogP contribution in [0.2, 0.25) is 0 Å². The monoisotopic (exact) mass is 1110 g/mol. The first-order valence-electron chi connectivity index (χ1n) is 27.2. The first-order chi connectivity index (χ1) is 38.8. The zero-order chi connectivity index (χ0) is 58.7. The van der Waals surface area contributed by atoms with Gasteiger partial charge in [0, 0.05) is 58.7 Å². The highest BCUT2D eigenvalue weighted by Crippen LogP contribution is 2.34. The normalized spacial score (nSPS) is 11.8. The molecule has 20 heteroatoms. The summed E-state index contributed by atoms with van der Waals surface area (Å²) in [4.78, 5) is 74.1. The maximum Gasteiger partial charge on any atom is 0.335 e. The molecule has 16 nitrogen and oxygen atoms in total. The maximum atomic E-state index is 15.0. The van der Waals surface area contributed by atoms with Crippen molar-refractivity contribution in [3.63, 3.8) is 0 Å². The zero-order valence-corrected chi connectivity index (χ0v) is 47.1. The van der Waals surface area contributed by atoms with E-state index in [0.29, 0.717) is 51.9 Å². The number of benzene rings is 4. The van der Waals surface area contributed by atoms with Crippen LogP contribution >= 0.6 is 0 Å². The van der Waals surface area contributed by atoms with Gasteiger partial charge in [-0.1, -0.05) is 65.8 Å². The van der Waals surface area contributed by atoms with Crippen LogP contribution in [0.15, 0.2) is 107 Å². The molecule has 8 aromatic rings. The topological polar surface area (TPSA) is 192 Å². The smallest absolute Gasteiger partial charge is 0.335 e. The van der Waals surface area contributed by atoms with Crippen LogP contribution in [0.5, 0.6) is 0 Å². The number of aryl methyl sites for hydroxylation is 2. The Labute approximate surface area is 467 Å². The summed E-state index contributed by atoms with van der Waals surface area (Å²) in [5.74, 6) is -4.33. The number of para-hydroxylation sites is 2. The van der Waals surface area contributed by atoms with Gasteiger partial charge >= 0.3 is 5.97 Å². The fourth-order valence-corrected chi connectivity index (χ4v) is 9.21. The lowest BCUT2D eigenvalue weighted by atomic mass is 9.99. The molecule has 4 aromatic carbocycles. The molecule has 0 aliphatic rings. The second-order valence-corrected chi connectivity index (χ2v) is 19.9. The predicted octanol–water partition coefficient (Wildman–Crippen LogP) is 10.8. The molecular weight excluding hydrogens is 1040 g/mol. The number of fused-ring (bicyclic) bond motifs is 2. The number of anilines is 2. The van der Waals surface area contributed by atoms with E-state index >= 15 is 8.78 Å². The molecule has 4 heterocycles. The van der Waals surface area contributed by atoms with Crippen molar-refractivity contribution < 1.29 is 32.3 Å². The van der Waals surface area contributed by atoms with Crippen LogP contribution in [-0.2, 0) is 0 Å². The fraction of sp³-hybridized carbons (Fsp3) is 0.344. The second kappa shape index (κ2) is 27.2. The van der Waals surface area contributed by atoms with Gasteiger partial charge in [-0.2, -0.15) is 9.97 Å². The number of carboxylic acids is 1. The van der Waals surface area contributed by atoms with Crippen molar-refractivity contribution in [1.82, 2.24) is 44.2 Å². The van der Waals surface area contributed by atoms with Crippen LogP contribution in [0.3, 0.4) is 0 Å². The van der Waals surface area contributed by atoms with E-state index < -0.39 is 51.7 Å². The molecule has 8 rings (SSSR count). The van der Waals surface area contributed by atoms with Crippen molar-refractivity contribution in [3.8, 4) is 33.9 Å². The van der Waals surface area contributed by atoms with E-state index in [1.54, 1.807) is 31.2 Å². The molecule has 0 aliphatic carbocycles. The number of nitrogens with zero attached hydrogens (tertiary/aromatic N) is 8. The summed E-state index contributed by atoms with van der Waals surface area (Å²) in [5.41, 5.74) is 1.67. The summed E-state index contributed by atoms with van der Waals surface area (Å²) < 4.78 is 61.5. The van der Waals surface area contributed by atoms with Crippen molar-refractivity contribution in [2.45, 2.75) is 81.2 Å². The standard InChI is InChI=1S/C33H40F2N6O2.C28H29F2N5O3/c1-7-40(8-2)18-10-17-36-33-38-29(25-19-23(14-13-21(25)5)32(43)37-22(6)20(3)4)24-15-16-28(42)41(31(24)39-33)30-26(34)11-9-12-27(30)35;1-4-34(5-2)15-7-14-31-28-32-24(20-16-18(27(37)38)11-10-17(20)3)19-12-13-23(36)35(26(19)33-28)25-21(29)8-6-9-22(25)30/h9,11-16,19-20,22H,7-8,10,17-18H2,1-6H3,(H,37,43)(H,36,38,39);6,8-13,16H,4-5,7,14-15H2,1-3H3,(H,37,38)(H,31,32,33)/t22-;/m1./s1. The number of aromatic nitrogens is 6. The molecule has 4 aromatic heterocycles. The van der Waals surface area contributed by atoms with Gasteiger partial charge in [0.15, 0.2) is 11.3 Å². The van der Waals surface area contributed by atoms with Crippen molar-refractivity contribution in [3.05, 3.63) is 163 Å². The lowest BCUT2D eigenvalue weighted by molar-refractivity contribution is 0.0696. The van der Waals surface area contributed by atoms with Crippen LogP contribution < -0.4 is 27.1 Å². The van der Waals surface area contributed by atoms with Crippen molar-refractivity contribution in [1.29, 1.82) is 0 Å². The van der Waals surface area contributed by atoms with Crippen LogP contribution in [0.25, 0.3) is 56.0 Å². The van der Waals surface area contributed by atoms with Gasteiger partial charge in [0.1, 0.15) is 34.6 Å². The Hall–Kier alpha value is -8.36. The van der Waals surface area contributed by atoms with Crippen molar-refractivity contribution in [2.24, 2.45) is 5.92 Å². The third-order valence-corrected chi connectivity index (χ3v) is 14.3. The molecule has 81 heavy (non-hydrogen) atoms. The Kier molecular flexibility index (Phi) is 20.2. The highest BCUT2D eigenvalue weighted by molar-refractivity contribution is 5.99. The van der Waals surface area contributed by atoms with Gasteiger partial charge in [-0.25, -0.2) is 32.3 Å². The van der Waals surface area contributed by atoms with Crippen molar-refractivity contribution >= 4 is 45.8 Å². The van der Waals surface area contributed by atoms with Gasteiger partial charge in [0.05, 0.1) is 17.0 Å². The third kappa shape index (κ3) is 14.0. The molecule has 426 valence electrons. The molecule has 1 atom stereocenters. The Balaban J connectivity index is 0.000000235. The largest absolute Gasteiger partial charge is 0.478 e. The van der Waals surface area contributed by atoms with E-state index in [1.807, 2.05) is 33.8 Å². The van der Waals surface area contributed by atoms with Crippen LogP contribution in [0.4, 0.5) is 29.5 Å². The lowest BCUT2D eigenvalue weighted by Crippen LogP contribution is -2.36. The number of halogens is 4. The lowest BCUT2D eigenvalue weighted by Gasteiger charge is -2.19. The Morgan fingerprint density at radius 3 is 1.35 bits per heavy atom. The Morgan fingerprint density at radius 1 is 0.568 bits per heavy atom. The molecule has 0 bridgehead atoms. The second-order valence-electron chi connectivity index (χ2n) is 19.9. The Bertz CT molecular complexity index is 3650. The van der Waals surface area contributed by atoms with E-state index in [-0.39, 0.29) is 46.6 Å². The molecule has 0 aliphatic heterocycles. The number of rotatable bonds is 22. The Morgan fingerprint density at radius 2 is 0.963 bits per heavy atom. The highest BCUT2D eigenvalue weighted by Gasteiger charge is 2.24. The summed E-state index contributed by atoms with van der Waals surface area (Å²) in [7, 11) is 0. The summed E-state index contributed by atoms with van der Waals surface area (Å²) in [6.07, 6.45) is 1.60. The van der Waals surface area contributed by atoms with Crippen LogP contribution in [-0.4, -0.2) is 114 Å². The highest BCUT2D eigenvalue weighted by atomic mass is 19.1. The summed E-state index contributed by atoms with van der Waals surface area (Å²) in [6.45, 7) is 24.6. The molecule has 0 saturated heterocycles. The summed E-state index contributed by atoms with van der Waals surface area (Å²) >= 11 is 0. The van der Waals surface area contributed by atoms with Crippen LogP contribution in [0.1, 0.15) is 93.2 Å². The SMILES string of the molecule is CCN(CC)CCCNc1nc(-c2cc(C(=O)N[C@H](C)C(C)C)ccc2C)c2ccc(=O)n(-c3c(F)cccc3F)c2n1.CCN(CC)CCCNc1nc(-c2cc(C(=O)O)ccc2C)c2ccc(=O)n(-c3c(F)cccc3F)c2n1. The molecule has 1 amide bonds. The molecule has 4 N–H and O–H groups in total. The number of hydrogen-bond donors (Lipinski definition) is 4. The average molecular weight is 1110 g/mol. The first-order valence-corrected chi connectivity index (χ1v) is 27.2. The predicted molar refractivity (Wildman–Crippen MR) is 311 cm³/mol. The van der Waals surface area contributed by atoms with Gasteiger partial charge in [-0.15, -0.1) is 0 Å². The van der Waals surface area contributed by atoms with Gasteiger partial charge < -0.3 is 30.9 Å². The third-order valence-electron chi connectivity index (χ3n) is 14.3. The zero-order valence-electron chi connectivity index (χ0n) is 47.1. The number of nitrogens with one attached hydrogen (secondary N) is 3. The van der Waals surface area contributed by atoms with E-state index in [9.17, 15) is 33.1 Å². The number of carbonyl (C=O) groups excluding carboxylic acids is 1. The number of carbonyl (C=O) groups is 2. The molecule has 0 unspecified atom stereocenters. The summed E-state index contributed by atoms with van der Waals surface area (Å²) in [5, 5.41) is 19.7. The molecule has 0 fully saturated rings. The minimum Gasteiger partial charge on any atom is -0.478 e. The summed E-state index contributed by atoms with van der Waals surface area (Å²) in [6, 6.07) is 22.2. The molecule has 0 radical (unpaired) electrons. The average Bonchev–Trinajstić information content (AvgIpc) is 3.29. The minimum absolute atomic E-state index is 0.00197. The quantitative estimate of drug-likeness (QED) is 0.0370. The number of aromatic carboxylic acids is 1.